The highest BCUT2D eigenvalue weighted by Crippen LogP contribution is 2.32. The van der Waals surface area contributed by atoms with E-state index in [1.807, 2.05) is 4.90 Å². The number of piperidine rings is 1. The Kier molecular flexibility index (Phi) is 5.91. The van der Waals surface area contributed by atoms with Gasteiger partial charge in [0.05, 0.1) is 10.6 Å². The second-order valence-corrected chi connectivity index (χ2v) is 7.92. The van der Waals surface area contributed by atoms with E-state index in [2.05, 4.69) is 5.32 Å². The Morgan fingerprint density at radius 3 is 2.34 bits per heavy atom. The number of rotatable bonds is 4. The summed E-state index contributed by atoms with van der Waals surface area (Å²) >= 11 is 5.86. The van der Waals surface area contributed by atoms with Gasteiger partial charge < -0.3 is 4.90 Å². The van der Waals surface area contributed by atoms with Crippen molar-refractivity contribution in [1.82, 2.24) is 5.32 Å². The summed E-state index contributed by atoms with van der Waals surface area (Å²) in [6, 6.07) is 9.68. The summed E-state index contributed by atoms with van der Waals surface area (Å²) in [5, 5.41) is 14.2. The van der Waals surface area contributed by atoms with Gasteiger partial charge in [-0.05, 0) is 61.2 Å². The molecule has 164 valence electrons. The van der Waals surface area contributed by atoms with E-state index in [0.29, 0.717) is 16.3 Å². The molecule has 0 unspecified atom stereocenters. The Hall–Kier alpha value is -3.72. The second kappa shape index (κ2) is 8.80. The van der Waals surface area contributed by atoms with Gasteiger partial charge in [-0.2, -0.15) is 0 Å². The van der Waals surface area contributed by atoms with Crippen molar-refractivity contribution in [2.75, 3.05) is 22.9 Å². The third-order valence-electron chi connectivity index (χ3n) is 5.39. The van der Waals surface area contributed by atoms with E-state index in [-0.39, 0.29) is 16.9 Å². The number of nitrogens with one attached hydrogen (secondary N) is 1. The molecule has 2 fully saturated rings. The van der Waals surface area contributed by atoms with E-state index in [1.54, 1.807) is 12.1 Å². The van der Waals surface area contributed by atoms with Crippen LogP contribution in [-0.4, -0.2) is 35.9 Å². The number of amides is 4. The molecular formula is C22H19ClN4O5. The Morgan fingerprint density at radius 1 is 1.00 bits per heavy atom. The highest BCUT2D eigenvalue weighted by Gasteiger charge is 2.37. The zero-order valence-corrected chi connectivity index (χ0v) is 17.7. The van der Waals surface area contributed by atoms with Crippen molar-refractivity contribution in [3.63, 3.8) is 0 Å². The van der Waals surface area contributed by atoms with Crippen LogP contribution in [0.15, 0.2) is 48.0 Å². The van der Waals surface area contributed by atoms with Gasteiger partial charge in [0.15, 0.2) is 0 Å². The van der Waals surface area contributed by atoms with Crippen LogP contribution in [0.1, 0.15) is 24.8 Å². The van der Waals surface area contributed by atoms with Crippen LogP contribution in [0.3, 0.4) is 0 Å². The number of nitro benzene ring substituents is 1. The Balaban J connectivity index is 1.69. The molecule has 4 amide bonds. The molecule has 4 rings (SSSR count). The number of hydrogen-bond donors (Lipinski definition) is 1. The van der Waals surface area contributed by atoms with Crippen LogP contribution in [0.25, 0.3) is 6.08 Å². The third kappa shape index (κ3) is 4.19. The zero-order chi connectivity index (χ0) is 22.8. The molecule has 0 spiro atoms. The SMILES string of the molecule is O=C1NC(=O)N(c2ccc(Cl)cc2)C(=O)C1=Cc1ccc(N2CCCCC2)c([N+](=O)[O-])c1. The van der Waals surface area contributed by atoms with E-state index in [4.69, 9.17) is 11.6 Å². The first-order valence-electron chi connectivity index (χ1n) is 10.1. The summed E-state index contributed by atoms with van der Waals surface area (Å²) in [5.41, 5.74) is 0.646. The second-order valence-electron chi connectivity index (χ2n) is 7.49. The van der Waals surface area contributed by atoms with Crippen molar-refractivity contribution >= 4 is 52.6 Å². The molecule has 32 heavy (non-hydrogen) atoms. The Morgan fingerprint density at radius 2 is 1.69 bits per heavy atom. The number of barbiturate groups is 1. The lowest BCUT2D eigenvalue weighted by atomic mass is 10.0. The Bertz CT molecular complexity index is 1140. The number of anilines is 2. The van der Waals surface area contributed by atoms with Gasteiger partial charge in [-0.15, -0.1) is 0 Å². The number of hydrogen-bond acceptors (Lipinski definition) is 6. The molecule has 0 bridgehead atoms. The minimum atomic E-state index is -0.883. The summed E-state index contributed by atoms with van der Waals surface area (Å²) < 4.78 is 0. The first-order valence-corrected chi connectivity index (χ1v) is 10.4. The lowest BCUT2D eigenvalue weighted by Crippen LogP contribution is -2.54. The highest BCUT2D eigenvalue weighted by atomic mass is 35.5. The fourth-order valence-corrected chi connectivity index (χ4v) is 3.95. The van der Waals surface area contributed by atoms with E-state index >= 15 is 0 Å². The molecule has 2 aliphatic heterocycles. The van der Waals surface area contributed by atoms with Gasteiger partial charge in [-0.3, -0.25) is 25.0 Å². The van der Waals surface area contributed by atoms with E-state index in [0.717, 1.165) is 37.3 Å². The lowest BCUT2D eigenvalue weighted by molar-refractivity contribution is -0.384. The molecule has 2 aromatic rings. The van der Waals surface area contributed by atoms with Crippen LogP contribution in [0, 0.1) is 10.1 Å². The quantitative estimate of drug-likeness (QED) is 0.324. The van der Waals surface area contributed by atoms with Gasteiger partial charge in [0, 0.05) is 24.2 Å². The van der Waals surface area contributed by atoms with Gasteiger partial charge in [0.25, 0.3) is 17.5 Å². The van der Waals surface area contributed by atoms with Gasteiger partial charge in [0.1, 0.15) is 11.3 Å². The van der Waals surface area contributed by atoms with Crippen LogP contribution in [-0.2, 0) is 9.59 Å². The maximum Gasteiger partial charge on any atom is 0.335 e. The van der Waals surface area contributed by atoms with E-state index < -0.39 is 22.8 Å². The molecule has 0 aliphatic carbocycles. The van der Waals surface area contributed by atoms with E-state index in [1.165, 1.54) is 36.4 Å². The maximum atomic E-state index is 13.0. The molecule has 2 aliphatic rings. The van der Waals surface area contributed by atoms with Crippen LogP contribution >= 0.6 is 11.6 Å². The van der Waals surface area contributed by atoms with E-state index in [9.17, 15) is 24.5 Å². The summed E-state index contributed by atoms with van der Waals surface area (Å²) in [7, 11) is 0. The minimum absolute atomic E-state index is 0.101. The minimum Gasteiger partial charge on any atom is -0.366 e. The van der Waals surface area contributed by atoms with Gasteiger partial charge in [0.2, 0.25) is 0 Å². The van der Waals surface area contributed by atoms with Gasteiger partial charge in [-0.25, -0.2) is 9.69 Å². The molecule has 1 N–H and O–H groups in total. The molecule has 2 heterocycles. The van der Waals surface area contributed by atoms with Crippen molar-refractivity contribution in [2.45, 2.75) is 19.3 Å². The summed E-state index contributed by atoms with van der Waals surface area (Å²) in [5.74, 6) is -1.70. The molecule has 0 atom stereocenters. The molecule has 9 nitrogen and oxygen atoms in total. The smallest absolute Gasteiger partial charge is 0.335 e. The molecule has 0 radical (unpaired) electrons. The van der Waals surface area contributed by atoms with Crippen LogP contribution in [0.5, 0.6) is 0 Å². The summed E-state index contributed by atoms with van der Waals surface area (Å²) in [6.45, 7) is 1.47. The first-order chi connectivity index (χ1) is 15.3. The maximum absolute atomic E-state index is 13.0. The van der Waals surface area contributed by atoms with Crippen molar-refractivity contribution in [3.05, 3.63) is 68.7 Å². The monoisotopic (exact) mass is 454 g/mol. The van der Waals surface area contributed by atoms with Crippen molar-refractivity contribution in [3.8, 4) is 0 Å². The zero-order valence-electron chi connectivity index (χ0n) is 16.9. The average Bonchev–Trinajstić information content (AvgIpc) is 2.78. The predicted molar refractivity (Wildman–Crippen MR) is 120 cm³/mol. The fraction of sp³-hybridized carbons (Fsp3) is 0.227. The number of nitrogens with zero attached hydrogens (tertiary/aromatic N) is 3. The largest absolute Gasteiger partial charge is 0.366 e. The number of urea groups is 1. The third-order valence-corrected chi connectivity index (χ3v) is 5.64. The molecule has 0 saturated carbocycles. The van der Waals surface area contributed by atoms with Gasteiger partial charge in [-0.1, -0.05) is 17.7 Å². The molecule has 2 saturated heterocycles. The lowest BCUT2D eigenvalue weighted by Gasteiger charge is -2.28. The molecule has 10 heteroatoms. The summed E-state index contributed by atoms with van der Waals surface area (Å²) in [4.78, 5) is 51.6. The Labute approximate surface area is 188 Å². The molecule has 2 aromatic carbocycles. The van der Waals surface area contributed by atoms with Crippen LogP contribution < -0.4 is 15.1 Å². The number of imide groups is 2. The number of carbonyl (C=O) groups is 3. The first kappa shape index (κ1) is 21.5. The number of halogens is 1. The number of nitro groups is 1. The topological polar surface area (TPSA) is 113 Å². The standard InChI is InChI=1S/C22H19ClN4O5/c23-15-5-7-16(8-6-15)26-21(29)17(20(28)24-22(26)30)12-14-4-9-18(19(13-14)27(31)32)25-10-2-1-3-11-25/h4-9,12-13H,1-3,10-11H2,(H,24,28,30). The number of benzene rings is 2. The van der Waals surface area contributed by atoms with Gasteiger partial charge >= 0.3 is 6.03 Å². The normalized spacial score (nSPS) is 18.2. The van der Waals surface area contributed by atoms with Crippen LogP contribution in [0.2, 0.25) is 5.02 Å². The predicted octanol–water partition coefficient (Wildman–Crippen LogP) is 3.90. The average molecular weight is 455 g/mol. The number of carbonyl (C=O) groups excluding carboxylic acids is 3. The fourth-order valence-electron chi connectivity index (χ4n) is 3.83. The summed E-state index contributed by atoms with van der Waals surface area (Å²) in [6.07, 6.45) is 4.27. The molecular weight excluding hydrogens is 436 g/mol. The van der Waals surface area contributed by atoms with Crippen LogP contribution in [0.4, 0.5) is 21.9 Å². The van der Waals surface area contributed by atoms with Crippen molar-refractivity contribution < 1.29 is 19.3 Å². The highest BCUT2D eigenvalue weighted by molar-refractivity contribution is 6.39. The van der Waals surface area contributed by atoms with Crippen molar-refractivity contribution in [1.29, 1.82) is 0 Å². The van der Waals surface area contributed by atoms with Crippen molar-refractivity contribution in [2.24, 2.45) is 0 Å². The molecule has 0 aromatic heterocycles.